The molecule has 0 saturated carbocycles. The molecule has 1 heterocycles. The Kier molecular flexibility index (Phi) is 11.7. The van der Waals surface area contributed by atoms with Gasteiger partial charge in [-0.05, 0) is 49.8 Å². The Hall–Kier alpha value is -2.51. The highest BCUT2D eigenvalue weighted by atomic mass is 35.5. The first kappa shape index (κ1) is 25.7. The predicted octanol–water partition coefficient (Wildman–Crippen LogP) is 4.04. The number of aliphatic hydroxyl groups is 1. The molecule has 32 heavy (non-hydrogen) atoms. The Morgan fingerprint density at radius 2 is 2.12 bits per heavy atom. The van der Waals surface area contributed by atoms with Crippen molar-refractivity contribution in [2.45, 2.75) is 32.1 Å². The Balaban J connectivity index is 2.18. The fraction of sp³-hybridized carbons (Fsp3) is 0.458. The quantitative estimate of drug-likeness (QED) is 0.406. The van der Waals surface area contributed by atoms with Crippen LogP contribution in [0.15, 0.2) is 58.0 Å². The Morgan fingerprint density at radius 3 is 2.81 bits per heavy atom. The molecular weight excluding hydrogens is 433 g/mol. The monoisotopic (exact) mass is 463 g/mol. The maximum atomic E-state index is 13.3. The highest BCUT2D eigenvalue weighted by Crippen LogP contribution is 2.26. The summed E-state index contributed by atoms with van der Waals surface area (Å²) in [5, 5.41) is 11.8. The summed E-state index contributed by atoms with van der Waals surface area (Å²) in [5.41, 5.74) is 2.40. The molecule has 0 aliphatic carbocycles. The fourth-order valence-electron chi connectivity index (χ4n) is 3.46. The first-order valence-corrected chi connectivity index (χ1v) is 11.3. The third-order valence-corrected chi connectivity index (χ3v) is 5.26. The van der Waals surface area contributed by atoms with Gasteiger partial charge < -0.3 is 15.2 Å². The molecular formula is C24H31ClFN3O3. The summed E-state index contributed by atoms with van der Waals surface area (Å²) in [6.07, 6.45) is 8.55. The highest BCUT2D eigenvalue weighted by Gasteiger charge is 2.31. The first-order valence-electron chi connectivity index (χ1n) is 10.8. The summed E-state index contributed by atoms with van der Waals surface area (Å²) in [5.74, 6) is 0.00644. The molecule has 1 amide bonds. The Morgan fingerprint density at radius 1 is 1.34 bits per heavy atom. The number of hydrogen-bond acceptors (Lipinski definition) is 4. The molecule has 174 valence electrons. The summed E-state index contributed by atoms with van der Waals surface area (Å²) in [6, 6.07) is 6.39. The number of nitrogens with zero attached hydrogens (tertiary/aromatic N) is 2. The zero-order valence-corrected chi connectivity index (χ0v) is 19.1. The van der Waals surface area contributed by atoms with Gasteiger partial charge in [-0.3, -0.25) is 9.79 Å². The lowest BCUT2D eigenvalue weighted by Crippen LogP contribution is -2.35. The van der Waals surface area contributed by atoms with E-state index in [4.69, 9.17) is 21.4 Å². The average molecular weight is 464 g/mol. The van der Waals surface area contributed by atoms with Crippen molar-refractivity contribution in [1.82, 2.24) is 5.32 Å². The number of amidine groups is 1. The van der Waals surface area contributed by atoms with Crippen LogP contribution >= 0.6 is 11.6 Å². The molecule has 6 nitrogen and oxygen atoms in total. The molecule has 1 aromatic rings. The average Bonchev–Trinajstić information content (AvgIpc) is 2.97. The van der Waals surface area contributed by atoms with E-state index < -0.39 is 5.92 Å². The minimum absolute atomic E-state index is 0.0185. The van der Waals surface area contributed by atoms with Crippen molar-refractivity contribution in [2.75, 3.05) is 26.8 Å². The molecule has 2 N–H and O–H groups in total. The maximum Gasteiger partial charge on any atom is 0.230 e. The second kappa shape index (κ2) is 14.5. The number of amides is 1. The van der Waals surface area contributed by atoms with Gasteiger partial charge in [-0.1, -0.05) is 42.0 Å². The molecule has 0 radical (unpaired) electrons. The van der Waals surface area contributed by atoms with Crippen LogP contribution in [0.4, 0.5) is 4.39 Å². The van der Waals surface area contributed by atoms with Gasteiger partial charge in [-0.15, -0.1) is 0 Å². The molecule has 8 heteroatoms. The molecule has 2 atom stereocenters. The zero-order valence-electron chi connectivity index (χ0n) is 18.3. The Bertz CT molecular complexity index is 837. The van der Waals surface area contributed by atoms with Gasteiger partial charge in [0.2, 0.25) is 5.91 Å². The molecule has 1 aromatic carbocycles. The molecule has 0 spiro atoms. The summed E-state index contributed by atoms with van der Waals surface area (Å²) >= 11 is 5.51. The summed E-state index contributed by atoms with van der Waals surface area (Å²) < 4.78 is 19.4. The number of ether oxygens (including phenoxy) is 1. The summed E-state index contributed by atoms with van der Waals surface area (Å²) in [6.45, 7) is 0.846. The Labute approximate surface area is 193 Å². The van der Waals surface area contributed by atoms with E-state index in [2.05, 4.69) is 15.3 Å². The van der Waals surface area contributed by atoms with Gasteiger partial charge in [0.15, 0.2) is 5.90 Å². The van der Waals surface area contributed by atoms with Crippen LogP contribution in [-0.2, 0) is 16.0 Å². The van der Waals surface area contributed by atoms with E-state index in [-0.39, 0.29) is 24.2 Å². The number of allylic oxidation sites excluding steroid dienone is 2. The van der Waals surface area contributed by atoms with E-state index >= 15 is 0 Å². The van der Waals surface area contributed by atoms with Crippen LogP contribution < -0.4 is 5.32 Å². The number of benzene rings is 1. The van der Waals surface area contributed by atoms with Crippen LogP contribution in [-0.4, -0.2) is 49.6 Å². The van der Waals surface area contributed by atoms with Crippen molar-refractivity contribution < 1.29 is 19.0 Å². The minimum atomic E-state index is -0.482. The normalized spacial score (nSPS) is 20.5. The largest absolute Gasteiger partial charge is 0.480 e. The van der Waals surface area contributed by atoms with Crippen molar-refractivity contribution >= 4 is 29.2 Å². The fourth-order valence-corrected chi connectivity index (χ4v) is 3.55. The van der Waals surface area contributed by atoms with Crippen LogP contribution in [0, 0.1) is 17.7 Å². The number of aliphatic hydroxyl groups excluding tert-OH is 1. The van der Waals surface area contributed by atoms with Crippen molar-refractivity contribution in [3.8, 4) is 0 Å². The third kappa shape index (κ3) is 8.55. The number of carbonyl (C=O) groups is 1. The first-order chi connectivity index (χ1) is 15.6. The summed E-state index contributed by atoms with van der Waals surface area (Å²) in [7, 11) is 1.62. The topological polar surface area (TPSA) is 83.3 Å². The van der Waals surface area contributed by atoms with Crippen LogP contribution in [0.5, 0.6) is 0 Å². The lowest BCUT2D eigenvalue weighted by molar-refractivity contribution is -0.123. The van der Waals surface area contributed by atoms with Gasteiger partial charge in [0.05, 0.1) is 12.5 Å². The highest BCUT2D eigenvalue weighted by molar-refractivity contribution is 6.25. The van der Waals surface area contributed by atoms with Gasteiger partial charge in [0.25, 0.3) is 0 Å². The molecule has 0 saturated heterocycles. The molecule has 0 aromatic heterocycles. The standard InChI is InChI=1S/C24H31ClFN3O3/c1-27-22-21(23(31)28-14-6-15-30)12-9-19(17-18-7-10-20(26)11-8-18)24(29-22)32-16-5-3-2-4-13-25/h2-4,7-8,10-11,13,19,21,30H,5-6,9,12,14-17H2,1H3,(H,28,31). The predicted molar refractivity (Wildman–Crippen MR) is 127 cm³/mol. The third-order valence-electron chi connectivity index (χ3n) is 5.12. The number of hydrogen-bond donors (Lipinski definition) is 2. The van der Waals surface area contributed by atoms with E-state index in [1.54, 1.807) is 25.3 Å². The van der Waals surface area contributed by atoms with E-state index in [1.165, 1.54) is 17.7 Å². The van der Waals surface area contributed by atoms with E-state index in [0.29, 0.717) is 57.0 Å². The van der Waals surface area contributed by atoms with Gasteiger partial charge in [0.1, 0.15) is 11.7 Å². The molecule has 1 aliphatic rings. The van der Waals surface area contributed by atoms with Crippen molar-refractivity contribution in [3.05, 3.63) is 59.4 Å². The lowest BCUT2D eigenvalue weighted by Gasteiger charge is -2.18. The van der Waals surface area contributed by atoms with Gasteiger partial charge in [-0.2, -0.15) is 0 Å². The van der Waals surface area contributed by atoms with Crippen LogP contribution in [0.25, 0.3) is 0 Å². The van der Waals surface area contributed by atoms with Crippen LogP contribution in [0.1, 0.15) is 31.2 Å². The number of carbonyl (C=O) groups excluding carboxylic acids is 1. The second-order valence-corrected chi connectivity index (χ2v) is 7.69. The molecule has 1 aliphatic heterocycles. The number of halogens is 2. The summed E-state index contributed by atoms with van der Waals surface area (Å²) in [4.78, 5) is 21.6. The van der Waals surface area contributed by atoms with Crippen molar-refractivity contribution in [3.63, 3.8) is 0 Å². The van der Waals surface area contributed by atoms with E-state index in [1.807, 2.05) is 12.2 Å². The zero-order chi connectivity index (χ0) is 23.2. The van der Waals surface area contributed by atoms with Gasteiger partial charge >= 0.3 is 0 Å². The van der Waals surface area contributed by atoms with Crippen molar-refractivity contribution in [2.24, 2.45) is 21.8 Å². The molecule has 2 unspecified atom stereocenters. The van der Waals surface area contributed by atoms with E-state index in [9.17, 15) is 9.18 Å². The molecule has 2 rings (SSSR count). The van der Waals surface area contributed by atoms with Crippen LogP contribution in [0.3, 0.4) is 0 Å². The SMILES string of the molecule is CN=C1N=C(OCCC=CC=CCl)C(Cc2ccc(F)cc2)CCC1C(=O)NCCCO. The molecule has 0 bridgehead atoms. The minimum Gasteiger partial charge on any atom is -0.480 e. The molecule has 0 fully saturated rings. The second-order valence-electron chi connectivity index (χ2n) is 7.44. The lowest BCUT2D eigenvalue weighted by atomic mass is 9.91. The van der Waals surface area contributed by atoms with Crippen LogP contribution in [0.2, 0.25) is 0 Å². The van der Waals surface area contributed by atoms with E-state index in [0.717, 1.165) is 5.56 Å². The maximum absolute atomic E-state index is 13.3. The number of aliphatic imine (C=N–C) groups is 2. The van der Waals surface area contributed by atoms with Gasteiger partial charge in [-0.25, -0.2) is 9.38 Å². The van der Waals surface area contributed by atoms with Gasteiger partial charge in [0, 0.05) is 31.7 Å². The number of nitrogens with one attached hydrogen (secondary N) is 1. The number of rotatable bonds is 10. The smallest absolute Gasteiger partial charge is 0.230 e. The van der Waals surface area contributed by atoms with Crippen molar-refractivity contribution in [1.29, 1.82) is 0 Å².